The normalized spacial score (nSPS) is 18.2. The van der Waals surface area contributed by atoms with Crippen LogP contribution in [0.2, 0.25) is 0 Å². The number of hydrogen-bond acceptors (Lipinski definition) is 4. The van der Waals surface area contributed by atoms with Crippen LogP contribution in [0.5, 0.6) is 11.5 Å². The third-order valence-corrected chi connectivity index (χ3v) is 5.52. The Hall–Kier alpha value is -2.18. The molecule has 26 heavy (non-hydrogen) atoms. The maximum Gasteiger partial charge on any atom is 0.168 e. The van der Waals surface area contributed by atoms with Gasteiger partial charge in [0.15, 0.2) is 10.1 Å². The Kier molecular flexibility index (Phi) is 6.41. The van der Waals surface area contributed by atoms with Crippen molar-refractivity contribution in [3.63, 3.8) is 0 Å². The lowest BCUT2D eigenvalue weighted by Gasteiger charge is -2.30. The van der Waals surface area contributed by atoms with E-state index in [2.05, 4.69) is 28.9 Å². The lowest BCUT2D eigenvalue weighted by Crippen LogP contribution is -2.55. The van der Waals surface area contributed by atoms with Crippen LogP contribution >= 0.6 is 24.0 Å². The fourth-order valence-corrected chi connectivity index (χ4v) is 3.83. The molecule has 0 bridgehead atoms. The van der Waals surface area contributed by atoms with E-state index in [1.54, 1.807) is 11.8 Å². The van der Waals surface area contributed by atoms with Crippen molar-refractivity contribution >= 4 is 29.1 Å². The predicted octanol–water partition coefficient (Wildman–Crippen LogP) is 4.36. The van der Waals surface area contributed by atoms with Crippen LogP contribution < -0.4 is 20.7 Å². The van der Waals surface area contributed by atoms with E-state index in [9.17, 15) is 0 Å². The predicted molar refractivity (Wildman–Crippen MR) is 113 cm³/mol. The molecule has 0 amide bonds. The first-order valence-corrected chi connectivity index (χ1v) is 9.97. The lowest BCUT2D eigenvalue weighted by atomic mass is 10.1. The van der Waals surface area contributed by atoms with Gasteiger partial charge in [0.05, 0.1) is 0 Å². The summed E-state index contributed by atoms with van der Waals surface area (Å²) in [6.45, 7) is 2.86. The molecule has 0 radical (unpaired) electrons. The molecule has 0 aromatic heterocycles. The van der Waals surface area contributed by atoms with Crippen molar-refractivity contribution in [2.75, 3.05) is 6.54 Å². The molecule has 3 N–H and O–H groups in total. The summed E-state index contributed by atoms with van der Waals surface area (Å²) in [5.74, 6) is 1.72. The second-order valence-corrected chi connectivity index (χ2v) is 7.51. The molecule has 4 nitrogen and oxygen atoms in total. The first-order valence-electron chi connectivity index (χ1n) is 8.68. The SMILES string of the molecule is CCC1(NC(=S)NCCc2ccccc2Oc2ccccc2)NC=CS1. The van der Waals surface area contributed by atoms with Crippen LogP contribution in [0.15, 0.2) is 66.2 Å². The second-order valence-electron chi connectivity index (χ2n) is 5.90. The monoisotopic (exact) mass is 385 g/mol. The molecule has 0 aliphatic carbocycles. The van der Waals surface area contributed by atoms with E-state index in [-0.39, 0.29) is 4.99 Å². The van der Waals surface area contributed by atoms with Crippen molar-refractivity contribution in [1.29, 1.82) is 0 Å². The highest BCUT2D eigenvalue weighted by Crippen LogP contribution is 2.28. The molecular weight excluding hydrogens is 362 g/mol. The number of nitrogens with one attached hydrogen (secondary N) is 3. The minimum absolute atomic E-state index is 0.238. The van der Waals surface area contributed by atoms with E-state index in [4.69, 9.17) is 17.0 Å². The molecule has 0 saturated carbocycles. The maximum atomic E-state index is 6.01. The van der Waals surface area contributed by atoms with Crippen molar-refractivity contribution in [1.82, 2.24) is 16.0 Å². The average Bonchev–Trinajstić information content (AvgIpc) is 3.13. The molecule has 2 aromatic rings. The zero-order valence-electron chi connectivity index (χ0n) is 14.7. The molecule has 1 unspecified atom stereocenters. The number of thiocarbonyl (C=S) groups is 1. The number of para-hydroxylation sites is 2. The smallest absolute Gasteiger partial charge is 0.168 e. The molecule has 1 aliphatic heterocycles. The van der Waals surface area contributed by atoms with Crippen LogP contribution in [-0.4, -0.2) is 16.7 Å². The molecular formula is C20H23N3OS2. The molecule has 136 valence electrons. The van der Waals surface area contributed by atoms with Crippen molar-refractivity contribution in [2.45, 2.75) is 24.8 Å². The molecule has 0 spiro atoms. The number of benzene rings is 2. The van der Waals surface area contributed by atoms with Crippen LogP contribution in [-0.2, 0) is 6.42 Å². The zero-order valence-corrected chi connectivity index (χ0v) is 16.3. The van der Waals surface area contributed by atoms with Crippen molar-refractivity contribution in [2.24, 2.45) is 0 Å². The minimum Gasteiger partial charge on any atom is -0.457 e. The lowest BCUT2D eigenvalue weighted by molar-refractivity contribution is 0.474. The summed E-state index contributed by atoms with van der Waals surface area (Å²) in [7, 11) is 0. The van der Waals surface area contributed by atoms with E-state index < -0.39 is 0 Å². The number of ether oxygens (including phenoxy) is 1. The van der Waals surface area contributed by atoms with Crippen LogP contribution in [0, 0.1) is 0 Å². The fraction of sp³-hybridized carbons (Fsp3) is 0.250. The van der Waals surface area contributed by atoms with Crippen LogP contribution in [0.4, 0.5) is 0 Å². The zero-order chi connectivity index (χ0) is 18.2. The van der Waals surface area contributed by atoms with Gasteiger partial charge in [-0.05, 0) is 54.2 Å². The Bertz CT molecular complexity index is 757. The van der Waals surface area contributed by atoms with Gasteiger partial charge in [-0.15, -0.1) is 0 Å². The van der Waals surface area contributed by atoms with Crippen LogP contribution in [0.25, 0.3) is 0 Å². The Morgan fingerprint density at radius 1 is 1.15 bits per heavy atom. The summed E-state index contributed by atoms with van der Waals surface area (Å²) in [5.41, 5.74) is 1.15. The summed E-state index contributed by atoms with van der Waals surface area (Å²) < 4.78 is 6.01. The Balaban J connectivity index is 1.53. The van der Waals surface area contributed by atoms with E-state index in [1.165, 1.54) is 0 Å². The van der Waals surface area contributed by atoms with Crippen LogP contribution in [0.3, 0.4) is 0 Å². The summed E-state index contributed by atoms with van der Waals surface area (Å²) >= 11 is 7.15. The Morgan fingerprint density at radius 3 is 2.65 bits per heavy atom. The van der Waals surface area contributed by atoms with Gasteiger partial charge in [-0.25, -0.2) is 0 Å². The van der Waals surface area contributed by atoms with E-state index >= 15 is 0 Å². The van der Waals surface area contributed by atoms with Gasteiger partial charge in [0.25, 0.3) is 0 Å². The Morgan fingerprint density at radius 2 is 1.92 bits per heavy atom. The summed E-state index contributed by atoms with van der Waals surface area (Å²) in [6.07, 6.45) is 3.68. The Labute approximate surface area is 164 Å². The van der Waals surface area contributed by atoms with Gasteiger partial charge >= 0.3 is 0 Å². The van der Waals surface area contributed by atoms with Gasteiger partial charge in [-0.2, -0.15) is 0 Å². The van der Waals surface area contributed by atoms with E-state index in [1.807, 2.05) is 60.1 Å². The summed E-state index contributed by atoms with van der Waals surface area (Å²) in [5, 5.41) is 12.7. The molecule has 1 atom stereocenters. The maximum absolute atomic E-state index is 6.01. The molecule has 0 fully saturated rings. The highest BCUT2D eigenvalue weighted by atomic mass is 32.2. The highest BCUT2D eigenvalue weighted by molar-refractivity contribution is 8.03. The molecule has 6 heteroatoms. The minimum atomic E-state index is -0.238. The van der Waals surface area contributed by atoms with Gasteiger partial charge in [0.1, 0.15) is 11.5 Å². The molecule has 3 rings (SSSR count). The topological polar surface area (TPSA) is 45.3 Å². The third kappa shape index (κ3) is 4.93. The van der Waals surface area contributed by atoms with Crippen molar-refractivity contribution < 1.29 is 4.74 Å². The number of thioether (sulfide) groups is 1. The second kappa shape index (κ2) is 8.96. The third-order valence-electron chi connectivity index (χ3n) is 4.09. The largest absolute Gasteiger partial charge is 0.457 e. The van der Waals surface area contributed by atoms with Gasteiger partial charge in [-0.3, -0.25) is 0 Å². The summed E-state index contributed by atoms with van der Waals surface area (Å²) in [6, 6.07) is 17.9. The molecule has 1 aliphatic rings. The van der Waals surface area contributed by atoms with Crippen LogP contribution in [0.1, 0.15) is 18.9 Å². The first-order chi connectivity index (χ1) is 12.7. The number of rotatable bonds is 7. The number of hydrogen-bond donors (Lipinski definition) is 3. The standard InChI is InChI=1S/C20H23N3OS2/c1-2-20(22-14-15-26-20)23-19(25)21-13-12-16-8-6-7-11-18(16)24-17-9-4-3-5-10-17/h3-11,14-15,22H,2,12-13H2,1H3,(H2,21,23,25). The molecule has 0 saturated heterocycles. The van der Waals surface area contributed by atoms with Gasteiger partial charge in [0.2, 0.25) is 0 Å². The van der Waals surface area contributed by atoms with E-state index in [0.717, 1.165) is 36.4 Å². The first kappa shape index (κ1) is 18.6. The fourth-order valence-electron chi connectivity index (χ4n) is 2.66. The van der Waals surface area contributed by atoms with Gasteiger partial charge < -0.3 is 20.7 Å². The highest BCUT2D eigenvalue weighted by Gasteiger charge is 2.30. The molecule has 2 aromatic carbocycles. The van der Waals surface area contributed by atoms with Crippen molar-refractivity contribution in [3.05, 3.63) is 71.8 Å². The molecule has 1 heterocycles. The van der Waals surface area contributed by atoms with Gasteiger partial charge in [-0.1, -0.05) is 55.1 Å². The quantitative estimate of drug-likeness (QED) is 0.616. The van der Waals surface area contributed by atoms with Gasteiger partial charge in [0, 0.05) is 12.7 Å². The average molecular weight is 386 g/mol. The van der Waals surface area contributed by atoms with Crippen molar-refractivity contribution in [3.8, 4) is 11.5 Å². The summed E-state index contributed by atoms with van der Waals surface area (Å²) in [4.78, 5) is -0.238. The van der Waals surface area contributed by atoms with E-state index in [0.29, 0.717) is 5.11 Å².